The summed E-state index contributed by atoms with van der Waals surface area (Å²) in [5.41, 5.74) is 0.346. The minimum absolute atomic E-state index is 0.346. The Bertz CT molecular complexity index is 422. The van der Waals surface area contributed by atoms with Crippen molar-refractivity contribution in [1.82, 2.24) is 10.2 Å². The van der Waals surface area contributed by atoms with Gasteiger partial charge in [0.1, 0.15) is 11.6 Å². The third-order valence-corrected chi connectivity index (χ3v) is 3.49. The quantitative estimate of drug-likeness (QED) is 0.681. The third-order valence-electron chi connectivity index (χ3n) is 3.49. The van der Waals surface area contributed by atoms with Crippen LogP contribution in [0.3, 0.4) is 0 Å². The topological polar surface area (TPSA) is 27.3 Å². The number of hydrogen-bond acceptors (Lipinski definition) is 3. The maximum atomic E-state index is 13.3. The number of likely N-dealkylation sites (N-methyl/N-ethyl adjacent to an activating group) is 1. The van der Waals surface area contributed by atoms with Crippen molar-refractivity contribution in [2.75, 3.05) is 45.1 Å². The standard InChI is InChI=1S/C15H23F2N3/c1-20(11-12-2-3-12)9-8-18-6-7-19-15-5-4-13(16)10-14(15)17/h4-5,10,12,18-19H,2-3,6-9,11H2,1H3. The van der Waals surface area contributed by atoms with Crippen LogP contribution in [0.2, 0.25) is 0 Å². The molecular formula is C15H23F2N3. The highest BCUT2D eigenvalue weighted by Crippen LogP contribution is 2.29. The number of nitrogens with zero attached hydrogens (tertiary/aromatic N) is 1. The number of nitrogens with one attached hydrogen (secondary N) is 2. The Hall–Kier alpha value is -1.20. The lowest BCUT2D eigenvalue weighted by Crippen LogP contribution is -2.32. The van der Waals surface area contributed by atoms with Crippen LogP contribution in [0.15, 0.2) is 18.2 Å². The van der Waals surface area contributed by atoms with Gasteiger partial charge in [0.05, 0.1) is 5.69 Å². The van der Waals surface area contributed by atoms with Crippen molar-refractivity contribution in [2.24, 2.45) is 5.92 Å². The van der Waals surface area contributed by atoms with E-state index in [1.54, 1.807) is 0 Å². The maximum Gasteiger partial charge on any atom is 0.149 e. The molecule has 0 amide bonds. The average Bonchev–Trinajstić information content (AvgIpc) is 3.19. The predicted octanol–water partition coefficient (Wildman–Crippen LogP) is 2.31. The zero-order valence-corrected chi connectivity index (χ0v) is 12.0. The number of anilines is 1. The van der Waals surface area contributed by atoms with E-state index < -0.39 is 11.6 Å². The molecule has 0 atom stereocenters. The molecule has 5 heteroatoms. The summed E-state index contributed by atoms with van der Waals surface area (Å²) >= 11 is 0. The highest BCUT2D eigenvalue weighted by Gasteiger charge is 2.22. The fraction of sp³-hybridized carbons (Fsp3) is 0.600. The molecule has 112 valence electrons. The van der Waals surface area contributed by atoms with Crippen LogP contribution in [0.25, 0.3) is 0 Å². The van der Waals surface area contributed by atoms with Crippen LogP contribution in [-0.2, 0) is 0 Å². The smallest absolute Gasteiger partial charge is 0.149 e. The molecule has 0 bridgehead atoms. The van der Waals surface area contributed by atoms with E-state index in [0.29, 0.717) is 12.2 Å². The first-order valence-electron chi connectivity index (χ1n) is 7.23. The molecule has 0 heterocycles. The zero-order valence-electron chi connectivity index (χ0n) is 12.0. The average molecular weight is 283 g/mol. The van der Waals surface area contributed by atoms with Crippen LogP contribution >= 0.6 is 0 Å². The Morgan fingerprint density at radius 3 is 2.70 bits per heavy atom. The number of hydrogen-bond donors (Lipinski definition) is 2. The Morgan fingerprint density at radius 2 is 2.00 bits per heavy atom. The van der Waals surface area contributed by atoms with Gasteiger partial charge in [0.2, 0.25) is 0 Å². The van der Waals surface area contributed by atoms with Crippen LogP contribution in [0.1, 0.15) is 12.8 Å². The van der Waals surface area contributed by atoms with E-state index in [-0.39, 0.29) is 0 Å². The number of benzene rings is 1. The van der Waals surface area contributed by atoms with Crippen molar-refractivity contribution in [3.63, 3.8) is 0 Å². The molecule has 0 aromatic heterocycles. The van der Waals surface area contributed by atoms with E-state index in [4.69, 9.17) is 0 Å². The molecule has 0 spiro atoms. The molecule has 1 aliphatic carbocycles. The van der Waals surface area contributed by atoms with Gasteiger partial charge in [0, 0.05) is 38.8 Å². The van der Waals surface area contributed by atoms with E-state index in [0.717, 1.165) is 31.6 Å². The summed E-state index contributed by atoms with van der Waals surface area (Å²) < 4.78 is 26.1. The van der Waals surface area contributed by atoms with Gasteiger partial charge in [-0.25, -0.2) is 8.78 Å². The molecule has 20 heavy (non-hydrogen) atoms. The molecule has 1 aromatic carbocycles. The Balaban J connectivity index is 1.52. The summed E-state index contributed by atoms with van der Waals surface area (Å²) in [7, 11) is 2.14. The summed E-state index contributed by atoms with van der Waals surface area (Å²) in [4.78, 5) is 2.34. The van der Waals surface area contributed by atoms with E-state index in [1.165, 1.54) is 31.5 Å². The summed E-state index contributed by atoms with van der Waals surface area (Å²) in [5, 5.41) is 6.26. The van der Waals surface area contributed by atoms with E-state index in [2.05, 4.69) is 22.6 Å². The highest BCUT2D eigenvalue weighted by molar-refractivity contribution is 5.44. The molecule has 1 aromatic rings. The molecule has 3 nitrogen and oxygen atoms in total. The molecule has 0 saturated heterocycles. The second-order valence-electron chi connectivity index (χ2n) is 5.51. The van der Waals surface area contributed by atoms with Crippen molar-refractivity contribution >= 4 is 5.69 Å². The van der Waals surface area contributed by atoms with Gasteiger partial charge in [-0.05, 0) is 37.9 Å². The first kappa shape index (κ1) is 15.2. The Kier molecular flexibility index (Phi) is 5.73. The second-order valence-corrected chi connectivity index (χ2v) is 5.51. The van der Waals surface area contributed by atoms with Crippen molar-refractivity contribution in [3.05, 3.63) is 29.8 Å². The van der Waals surface area contributed by atoms with Crippen molar-refractivity contribution < 1.29 is 8.78 Å². The molecule has 1 aliphatic rings. The summed E-state index contributed by atoms with van der Waals surface area (Å²) in [6, 6.07) is 3.57. The van der Waals surface area contributed by atoms with E-state index in [1.807, 2.05) is 0 Å². The Morgan fingerprint density at radius 1 is 1.20 bits per heavy atom. The fourth-order valence-corrected chi connectivity index (χ4v) is 2.15. The minimum atomic E-state index is -0.551. The van der Waals surface area contributed by atoms with Gasteiger partial charge < -0.3 is 15.5 Å². The number of rotatable bonds is 9. The predicted molar refractivity (Wildman–Crippen MR) is 77.9 cm³/mol. The van der Waals surface area contributed by atoms with Gasteiger partial charge >= 0.3 is 0 Å². The van der Waals surface area contributed by atoms with Crippen molar-refractivity contribution in [2.45, 2.75) is 12.8 Å². The Labute approximate surface area is 119 Å². The SMILES string of the molecule is CN(CCNCCNc1ccc(F)cc1F)CC1CC1. The maximum absolute atomic E-state index is 13.3. The van der Waals surface area contributed by atoms with Gasteiger partial charge in [-0.15, -0.1) is 0 Å². The van der Waals surface area contributed by atoms with Crippen LogP contribution in [0, 0.1) is 17.6 Å². The summed E-state index contributed by atoms with van der Waals surface area (Å²) in [5.74, 6) is -0.179. The molecule has 0 radical (unpaired) electrons. The molecule has 1 fully saturated rings. The molecule has 2 rings (SSSR count). The number of halogens is 2. The molecule has 0 unspecified atom stereocenters. The fourth-order valence-electron chi connectivity index (χ4n) is 2.15. The van der Waals surface area contributed by atoms with Gasteiger partial charge in [-0.1, -0.05) is 0 Å². The van der Waals surface area contributed by atoms with Crippen LogP contribution in [0.5, 0.6) is 0 Å². The van der Waals surface area contributed by atoms with Crippen LogP contribution in [0.4, 0.5) is 14.5 Å². The van der Waals surface area contributed by atoms with E-state index >= 15 is 0 Å². The zero-order chi connectivity index (χ0) is 14.4. The summed E-state index contributed by atoms with van der Waals surface area (Å²) in [6.07, 6.45) is 2.76. The lowest BCUT2D eigenvalue weighted by atomic mass is 10.3. The van der Waals surface area contributed by atoms with Crippen LogP contribution in [-0.4, -0.2) is 44.7 Å². The van der Waals surface area contributed by atoms with Gasteiger partial charge in [0.25, 0.3) is 0 Å². The van der Waals surface area contributed by atoms with Gasteiger partial charge in [0.15, 0.2) is 0 Å². The first-order chi connectivity index (χ1) is 9.65. The van der Waals surface area contributed by atoms with Crippen LogP contribution < -0.4 is 10.6 Å². The third kappa shape index (κ3) is 5.43. The van der Waals surface area contributed by atoms with Crippen molar-refractivity contribution in [3.8, 4) is 0 Å². The second kappa shape index (κ2) is 7.55. The van der Waals surface area contributed by atoms with E-state index in [9.17, 15) is 8.78 Å². The molecule has 1 saturated carbocycles. The molecular weight excluding hydrogens is 260 g/mol. The minimum Gasteiger partial charge on any atom is -0.381 e. The highest BCUT2D eigenvalue weighted by atomic mass is 19.1. The first-order valence-corrected chi connectivity index (χ1v) is 7.23. The lowest BCUT2D eigenvalue weighted by molar-refractivity contribution is 0.319. The normalized spacial score (nSPS) is 14.8. The molecule has 0 aliphatic heterocycles. The van der Waals surface area contributed by atoms with Gasteiger partial charge in [-0.3, -0.25) is 0 Å². The molecule has 2 N–H and O–H groups in total. The monoisotopic (exact) mass is 283 g/mol. The van der Waals surface area contributed by atoms with Gasteiger partial charge in [-0.2, -0.15) is 0 Å². The summed E-state index contributed by atoms with van der Waals surface area (Å²) in [6.45, 7) is 4.53. The lowest BCUT2D eigenvalue weighted by Gasteiger charge is -2.16. The van der Waals surface area contributed by atoms with Crippen molar-refractivity contribution in [1.29, 1.82) is 0 Å². The largest absolute Gasteiger partial charge is 0.381 e.